The van der Waals surface area contributed by atoms with Gasteiger partial charge in [-0.05, 0) is 32.7 Å². The lowest BCUT2D eigenvalue weighted by atomic mass is 9.67. The van der Waals surface area contributed by atoms with Crippen LogP contribution in [0.1, 0.15) is 40.0 Å². The van der Waals surface area contributed by atoms with Gasteiger partial charge in [0.05, 0.1) is 17.1 Å². The molecule has 15 heavy (non-hydrogen) atoms. The fourth-order valence-electron chi connectivity index (χ4n) is 2.30. The van der Waals surface area contributed by atoms with E-state index in [1.165, 1.54) is 0 Å². The summed E-state index contributed by atoms with van der Waals surface area (Å²) < 4.78 is 0. The normalized spacial score (nSPS) is 25.5. The van der Waals surface area contributed by atoms with Gasteiger partial charge in [-0.15, -0.1) is 0 Å². The van der Waals surface area contributed by atoms with Gasteiger partial charge in [0.15, 0.2) is 0 Å². The second-order valence-corrected chi connectivity index (χ2v) is 4.76. The fraction of sp³-hybridized carbons (Fsp3) is 0.917. The van der Waals surface area contributed by atoms with E-state index in [0.29, 0.717) is 6.42 Å². The van der Waals surface area contributed by atoms with Crippen molar-refractivity contribution in [1.29, 1.82) is 5.26 Å². The van der Waals surface area contributed by atoms with Crippen LogP contribution in [-0.4, -0.2) is 35.2 Å². The first-order valence-corrected chi connectivity index (χ1v) is 5.87. The first kappa shape index (κ1) is 12.5. The molecule has 1 heterocycles. The standard InChI is InChI=1S/C12H22N2O/c1-4-11(3,10-13)12(15)6-8-14(5-2)9-7-12/h15H,4-9H2,1-3H3. The molecule has 1 aliphatic heterocycles. The first-order chi connectivity index (χ1) is 7.01. The molecule has 0 radical (unpaired) electrons. The summed E-state index contributed by atoms with van der Waals surface area (Å²) >= 11 is 0. The Kier molecular flexibility index (Phi) is 3.75. The van der Waals surface area contributed by atoms with E-state index in [2.05, 4.69) is 17.9 Å². The minimum absolute atomic E-state index is 0.590. The highest BCUT2D eigenvalue weighted by Crippen LogP contribution is 2.41. The molecule has 0 bridgehead atoms. The van der Waals surface area contributed by atoms with Crippen LogP contribution in [0.25, 0.3) is 0 Å². The maximum atomic E-state index is 10.6. The van der Waals surface area contributed by atoms with Crippen molar-refractivity contribution in [2.24, 2.45) is 5.41 Å². The molecule has 0 aromatic heterocycles. The highest BCUT2D eigenvalue weighted by Gasteiger charge is 2.47. The van der Waals surface area contributed by atoms with E-state index in [4.69, 9.17) is 0 Å². The van der Waals surface area contributed by atoms with Crippen molar-refractivity contribution in [2.75, 3.05) is 19.6 Å². The topological polar surface area (TPSA) is 47.3 Å². The first-order valence-electron chi connectivity index (χ1n) is 5.87. The number of nitriles is 1. The maximum Gasteiger partial charge on any atom is 0.0854 e. The smallest absolute Gasteiger partial charge is 0.0854 e. The van der Waals surface area contributed by atoms with Gasteiger partial charge in [-0.1, -0.05) is 13.8 Å². The van der Waals surface area contributed by atoms with Crippen LogP contribution >= 0.6 is 0 Å². The predicted octanol–water partition coefficient (Wildman–Crippen LogP) is 1.77. The molecule has 0 amide bonds. The van der Waals surface area contributed by atoms with Crippen LogP contribution in [0, 0.1) is 16.7 Å². The predicted molar refractivity (Wildman–Crippen MR) is 60.3 cm³/mol. The van der Waals surface area contributed by atoms with E-state index < -0.39 is 11.0 Å². The van der Waals surface area contributed by atoms with E-state index in [1.54, 1.807) is 0 Å². The van der Waals surface area contributed by atoms with Gasteiger partial charge in [0, 0.05) is 13.1 Å². The van der Waals surface area contributed by atoms with Crippen molar-refractivity contribution in [3.8, 4) is 6.07 Å². The average molecular weight is 210 g/mol. The molecular formula is C12H22N2O. The molecule has 1 N–H and O–H groups in total. The highest BCUT2D eigenvalue weighted by molar-refractivity contribution is 5.10. The lowest BCUT2D eigenvalue weighted by Crippen LogP contribution is -2.53. The summed E-state index contributed by atoms with van der Waals surface area (Å²) in [5.74, 6) is 0. The second-order valence-electron chi connectivity index (χ2n) is 4.76. The molecule has 1 atom stereocenters. The Morgan fingerprint density at radius 1 is 1.40 bits per heavy atom. The Morgan fingerprint density at radius 2 is 1.93 bits per heavy atom. The number of piperidine rings is 1. The van der Waals surface area contributed by atoms with Crippen LogP contribution < -0.4 is 0 Å². The summed E-state index contributed by atoms with van der Waals surface area (Å²) in [5.41, 5.74) is -1.38. The second kappa shape index (κ2) is 4.51. The van der Waals surface area contributed by atoms with Crippen LogP contribution in [0.3, 0.4) is 0 Å². The summed E-state index contributed by atoms with van der Waals surface area (Å²) in [6.07, 6.45) is 2.16. The molecule has 0 spiro atoms. The van der Waals surface area contributed by atoms with E-state index in [0.717, 1.165) is 32.5 Å². The Balaban J connectivity index is 2.74. The summed E-state index contributed by atoms with van der Waals surface area (Å²) in [6, 6.07) is 2.30. The number of aliphatic hydroxyl groups is 1. The number of rotatable bonds is 3. The lowest BCUT2D eigenvalue weighted by molar-refractivity contribution is -0.0909. The van der Waals surface area contributed by atoms with Crippen LogP contribution in [0.5, 0.6) is 0 Å². The van der Waals surface area contributed by atoms with Crippen molar-refractivity contribution in [3.05, 3.63) is 0 Å². The molecule has 3 nitrogen and oxygen atoms in total. The van der Waals surface area contributed by atoms with Crippen LogP contribution in [0.2, 0.25) is 0 Å². The Bertz CT molecular complexity index is 251. The minimum Gasteiger partial charge on any atom is -0.388 e. The molecule has 0 saturated carbocycles. The SMILES string of the molecule is CCN1CCC(O)(C(C)(C#N)CC)CC1. The summed E-state index contributed by atoms with van der Waals surface area (Å²) in [6.45, 7) is 8.84. The van der Waals surface area contributed by atoms with E-state index in [9.17, 15) is 10.4 Å². The molecule has 1 unspecified atom stereocenters. The molecule has 0 aliphatic carbocycles. The number of hydrogen-bond acceptors (Lipinski definition) is 3. The monoisotopic (exact) mass is 210 g/mol. The van der Waals surface area contributed by atoms with Gasteiger partial charge < -0.3 is 10.0 Å². The average Bonchev–Trinajstić information content (AvgIpc) is 2.29. The van der Waals surface area contributed by atoms with Crippen molar-refractivity contribution in [3.63, 3.8) is 0 Å². The van der Waals surface area contributed by atoms with Gasteiger partial charge in [-0.2, -0.15) is 5.26 Å². The zero-order valence-corrected chi connectivity index (χ0v) is 10.1. The van der Waals surface area contributed by atoms with Crippen LogP contribution in [0.4, 0.5) is 0 Å². The molecule has 0 aromatic carbocycles. The zero-order valence-electron chi connectivity index (χ0n) is 10.1. The molecule has 0 aromatic rings. The van der Waals surface area contributed by atoms with Crippen LogP contribution in [0.15, 0.2) is 0 Å². The molecule has 3 heteroatoms. The third-order valence-corrected chi connectivity index (χ3v) is 4.11. The van der Waals surface area contributed by atoms with Gasteiger partial charge in [-0.3, -0.25) is 0 Å². The molecule has 1 rings (SSSR count). The Labute approximate surface area is 92.7 Å². The van der Waals surface area contributed by atoms with E-state index in [-0.39, 0.29) is 0 Å². The molecular weight excluding hydrogens is 188 g/mol. The molecule has 1 saturated heterocycles. The molecule has 1 aliphatic rings. The third-order valence-electron chi connectivity index (χ3n) is 4.11. The summed E-state index contributed by atoms with van der Waals surface area (Å²) in [7, 11) is 0. The highest BCUT2D eigenvalue weighted by atomic mass is 16.3. The van der Waals surface area contributed by atoms with Crippen LogP contribution in [-0.2, 0) is 0 Å². The quantitative estimate of drug-likeness (QED) is 0.772. The Morgan fingerprint density at radius 3 is 2.27 bits per heavy atom. The van der Waals surface area contributed by atoms with Crippen molar-refractivity contribution < 1.29 is 5.11 Å². The third kappa shape index (κ3) is 2.16. The van der Waals surface area contributed by atoms with Crippen molar-refractivity contribution >= 4 is 0 Å². The number of likely N-dealkylation sites (tertiary alicyclic amines) is 1. The molecule has 86 valence electrons. The van der Waals surface area contributed by atoms with Gasteiger partial charge in [0.25, 0.3) is 0 Å². The molecule has 1 fully saturated rings. The van der Waals surface area contributed by atoms with Gasteiger partial charge in [-0.25, -0.2) is 0 Å². The number of nitrogens with zero attached hydrogens (tertiary/aromatic N) is 2. The lowest BCUT2D eigenvalue weighted by Gasteiger charge is -2.45. The Hall–Kier alpha value is -0.590. The van der Waals surface area contributed by atoms with Gasteiger partial charge in [0.2, 0.25) is 0 Å². The minimum atomic E-state index is -0.790. The summed E-state index contributed by atoms with van der Waals surface area (Å²) in [5, 5.41) is 19.8. The van der Waals surface area contributed by atoms with Crippen molar-refractivity contribution in [2.45, 2.75) is 45.6 Å². The number of hydrogen-bond donors (Lipinski definition) is 1. The van der Waals surface area contributed by atoms with Gasteiger partial charge in [0.1, 0.15) is 0 Å². The summed E-state index contributed by atoms with van der Waals surface area (Å²) in [4.78, 5) is 2.32. The fourth-order valence-corrected chi connectivity index (χ4v) is 2.30. The largest absolute Gasteiger partial charge is 0.388 e. The van der Waals surface area contributed by atoms with E-state index in [1.807, 2.05) is 13.8 Å². The zero-order chi connectivity index (χ0) is 11.5. The van der Waals surface area contributed by atoms with Crippen molar-refractivity contribution in [1.82, 2.24) is 4.90 Å². The van der Waals surface area contributed by atoms with E-state index >= 15 is 0 Å². The van der Waals surface area contributed by atoms with Gasteiger partial charge >= 0.3 is 0 Å². The maximum absolute atomic E-state index is 10.6.